The summed E-state index contributed by atoms with van der Waals surface area (Å²) >= 11 is 0. The lowest BCUT2D eigenvalue weighted by molar-refractivity contribution is -0.125. The second-order valence-corrected chi connectivity index (χ2v) is 4.47. The Labute approximate surface area is 115 Å². The minimum absolute atomic E-state index is 0.0756. The Kier molecular flexibility index (Phi) is 6.70. The maximum atomic E-state index is 12.0. The van der Waals surface area contributed by atoms with Crippen molar-refractivity contribution in [3.05, 3.63) is 35.9 Å². The molecule has 0 heterocycles. The number of nitrogens with one attached hydrogen (secondary N) is 1. The van der Waals surface area contributed by atoms with Crippen molar-refractivity contribution in [3.8, 4) is 11.8 Å². The van der Waals surface area contributed by atoms with Crippen molar-refractivity contribution < 1.29 is 9.90 Å². The molecule has 0 aliphatic carbocycles. The molecule has 1 amide bonds. The maximum absolute atomic E-state index is 12.0. The molecule has 1 aromatic rings. The van der Waals surface area contributed by atoms with E-state index in [9.17, 15) is 9.90 Å². The van der Waals surface area contributed by atoms with E-state index in [-0.39, 0.29) is 24.5 Å². The second-order valence-electron chi connectivity index (χ2n) is 4.47. The van der Waals surface area contributed by atoms with Crippen molar-refractivity contribution in [2.45, 2.75) is 32.7 Å². The molecule has 0 saturated heterocycles. The Morgan fingerprint density at radius 2 is 2.00 bits per heavy atom. The van der Waals surface area contributed by atoms with Gasteiger partial charge >= 0.3 is 0 Å². The Balaban J connectivity index is 2.58. The van der Waals surface area contributed by atoms with Crippen LogP contribution in [0.25, 0.3) is 0 Å². The predicted octanol–water partition coefficient (Wildman–Crippen LogP) is 2.28. The lowest BCUT2D eigenvalue weighted by atomic mass is 10.0. The number of carbonyl (C=O) groups excluding carboxylic acids is 1. The van der Waals surface area contributed by atoms with Crippen molar-refractivity contribution in [3.63, 3.8) is 0 Å². The molecule has 3 heteroatoms. The zero-order valence-corrected chi connectivity index (χ0v) is 11.5. The van der Waals surface area contributed by atoms with Crippen LogP contribution >= 0.6 is 0 Å². The number of amides is 1. The van der Waals surface area contributed by atoms with E-state index < -0.39 is 0 Å². The normalized spacial score (nSPS) is 13.0. The molecule has 0 spiro atoms. The number of hydrogen-bond donors (Lipinski definition) is 2. The number of aliphatic hydroxyl groups excluding tert-OH is 1. The van der Waals surface area contributed by atoms with E-state index in [1.54, 1.807) is 0 Å². The van der Waals surface area contributed by atoms with Crippen molar-refractivity contribution in [1.82, 2.24) is 5.32 Å². The fraction of sp³-hybridized carbons (Fsp3) is 0.438. The third-order valence-corrected chi connectivity index (χ3v) is 2.86. The molecule has 0 aliphatic heterocycles. The van der Waals surface area contributed by atoms with Crippen LogP contribution in [0.2, 0.25) is 0 Å². The summed E-state index contributed by atoms with van der Waals surface area (Å²) in [4.78, 5) is 12.0. The molecule has 19 heavy (non-hydrogen) atoms. The predicted molar refractivity (Wildman–Crippen MR) is 76.3 cm³/mol. The average Bonchev–Trinajstić information content (AvgIpc) is 2.45. The highest BCUT2D eigenvalue weighted by Gasteiger charge is 2.17. The minimum Gasteiger partial charge on any atom is -0.394 e. The first-order valence-corrected chi connectivity index (χ1v) is 6.61. The van der Waals surface area contributed by atoms with Crippen LogP contribution in [-0.2, 0) is 4.79 Å². The van der Waals surface area contributed by atoms with E-state index >= 15 is 0 Å². The Hall–Kier alpha value is -1.79. The summed E-state index contributed by atoms with van der Waals surface area (Å²) in [5.41, 5.74) is 0.908. The summed E-state index contributed by atoms with van der Waals surface area (Å²) in [6.45, 7) is 3.72. The van der Waals surface area contributed by atoms with E-state index in [1.165, 1.54) is 0 Å². The van der Waals surface area contributed by atoms with Crippen molar-refractivity contribution in [2.75, 3.05) is 6.61 Å². The van der Waals surface area contributed by atoms with Gasteiger partial charge in [0.2, 0.25) is 5.91 Å². The molecule has 0 bridgehead atoms. The van der Waals surface area contributed by atoms with Gasteiger partial charge in [-0.25, -0.2) is 0 Å². The number of aliphatic hydroxyl groups is 1. The number of rotatable bonds is 5. The van der Waals surface area contributed by atoms with Crippen LogP contribution in [0.3, 0.4) is 0 Å². The number of benzene rings is 1. The van der Waals surface area contributed by atoms with E-state index in [0.717, 1.165) is 12.0 Å². The molecular weight excluding hydrogens is 238 g/mol. The third-order valence-electron chi connectivity index (χ3n) is 2.86. The number of hydrogen-bond acceptors (Lipinski definition) is 2. The highest BCUT2D eigenvalue weighted by molar-refractivity contribution is 5.79. The van der Waals surface area contributed by atoms with Gasteiger partial charge in [-0.1, -0.05) is 44.2 Å². The van der Waals surface area contributed by atoms with Gasteiger partial charge in [-0.05, 0) is 5.56 Å². The van der Waals surface area contributed by atoms with Crippen LogP contribution in [0.5, 0.6) is 0 Å². The van der Waals surface area contributed by atoms with Gasteiger partial charge in [-0.15, -0.1) is 11.8 Å². The first-order chi connectivity index (χ1) is 9.19. The first-order valence-electron chi connectivity index (χ1n) is 6.61. The molecule has 2 atom stereocenters. The van der Waals surface area contributed by atoms with Gasteiger partial charge in [0, 0.05) is 18.8 Å². The van der Waals surface area contributed by atoms with Crippen molar-refractivity contribution in [2.24, 2.45) is 5.92 Å². The maximum Gasteiger partial charge on any atom is 0.224 e. The monoisotopic (exact) mass is 259 g/mol. The van der Waals surface area contributed by atoms with Gasteiger partial charge in [0.15, 0.2) is 0 Å². The summed E-state index contributed by atoms with van der Waals surface area (Å²) < 4.78 is 0. The Morgan fingerprint density at radius 1 is 1.32 bits per heavy atom. The number of carbonyl (C=O) groups is 1. The molecule has 102 valence electrons. The molecular formula is C16H21NO2. The summed E-state index contributed by atoms with van der Waals surface area (Å²) in [5.74, 6) is 5.68. The van der Waals surface area contributed by atoms with Gasteiger partial charge in [0.05, 0.1) is 12.6 Å². The molecule has 1 rings (SSSR count). The van der Waals surface area contributed by atoms with E-state index in [1.807, 2.05) is 44.2 Å². The topological polar surface area (TPSA) is 49.3 Å². The van der Waals surface area contributed by atoms with E-state index in [2.05, 4.69) is 17.2 Å². The molecule has 0 aliphatic rings. The molecule has 0 aromatic heterocycles. The quantitative estimate of drug-likeness (QED) is 0.797. The van der Waals surface area contributed by atoms with Crippen LogP contribution in [0.15, 0.2) is 30.3 Å². The van der Waals surface area contributed by atoms with Gasteiger partial charge in [-0.2, -0.15) is 0 Å². The molecule has 0 saturated carbocycles. The highest BCUT2D eigenvalue weighted by Crippen LogP contribution is 2.13. The summed E-state index contributed by atoms with van der Waals surface area (Å²) in [5, 5.41) is 12.2. The SMILES string of the molecule is CCC#CC[C@@H](C)C(=O)N[C@H](CO)c1ccccc1. The smallest absolute Gasteiger partial charge is 0.224 e. The van der Waals surface area contributed by atoms with Gasteiger partial charge in [0.1, 0.15) is 0 Å². The zero-order valence-electron chi connectivity index (χ0n) is 11.5. The standard InChI is InChI=1S/C16H21NO2/c1-3-4-6-9-13(2)16(19)17-15(12-18)14-10-7-5-8-11-14/h5,7-8,10-11,13,15,18H,3,9,12H2,1-2H3,(H,17,19)/t13-,15-/m1/s1. The lowest BCUT2D eigenvalue weighted by Gasteiger charge is -2.18. The molecule has 3 nitrogen and oxygen atoms in total. The average molecular weight is 259 g/mol. The first kappa shape index (κ1) is 15.3. The fourth-order valence-electron chi connectivity index (χ4n) is 1.68. The molecule has 1 aromatic carbocycles. The second kappa shape index (κ2) is 8.34. The summed E-state index contributed by atoms with van der Waals surface area (Å²) in [6.07, 6.45) is 1.35. The Bertz CT molecular complexity index is 445. The van der Waals surface area contributed by atoms with Crippen LogP contribution in [-0.4, -0.2) is 17.6 Å². The molecule has 0 unspecified atom stereocenters. The van der Waals surface area contributed by atoms with Gasteiger partial charge < -0.3 is 10.4 Å². The van der Waals surface area contributed by atoms with E-state index in [0.29, 0.717) is 6.42 Å². The van der Waals surface area contributed by atoms with Crippen LogP contribution in [0.1, 0.15) is 38.3 Å². The summed E-state index contributed by atoms with van der Waals surface area (Å²) in [6, 6.07) is 9.12. The largest absolute Gasteiger partial charge is 0.394 e. The van der Waals surface area contributed by atoms with Crippen molar-refractivity contribution >= 4 is 5.91 Å². The lowest BCUT2D eigenvalue weighted by Crippen LogP contribution is -2.34. The highest BCUT2D eigenvalue weighted by atomic mass is 16.3. The van der Waals surface area contributed by atoms with Crippen LogP contribution < -0.4 is 5.32 Å². The van der Waals surface area contributed by atoms with Crippen LogP contribution in [0.4, 0.5) is 0 Å². The zero-order chi connectivity index (χ0) is 14.1. The third kappa shape index (κ3) is 5.15. The van der Waals surface area contributed by atoms with Crippen LogP contribution in [0, 0.1) is 17.8 Å². The fourth-order valence-corrected chi connectivity index (χ4v) is 1.68. The van der Waals surface area contributed by atoms with Gasteiger partial charge in [-0.3, -0.25) is 4.79 Å². The Morgan fingerprint density at radius 3 is 2.58 bits per heavy atom. The van der Waals surface area contributed by atoms with E-state index in [4.69, 9.17) is 0 Å². The summed E-state index contributed by atoms with van der Waals surface area (Å²) in [7, 11) is 0. The van der Waals surface area contributed by atoms with Crippen molar-refractivity contribution in [1.29, 1.82) is 0 Å². The molecule has 2 N–H and O–H groups in total. The minimum atomic E-state index is -0.352. The van der Waals surface area contributed by atoms with Gasteiger partial charge in [0.25, 0.3) is 0 Å². The molecule has 0 fully saturated rings. The molecule has 0 radical (unpaired) electrons.